The van der Waals surface area contributed by atoms with Crippen LogP contribution < -0.4 is 5.73 Å². The Bertz CT molecular complexity index is 215. The van der Waals surface area contributed by atoms with Crippen molar-refractivity contribution in [3.05, 3.63) is 0 Å². The maximum Gasteiger partial charge on any atom is 0.0661 e. The molecule has 1 saturated heterocycles. The fraction of sp³-hybridized carbons (Fsp3) is 1.00. The Balaban J connectivity index is 2.71. The number of nitrogens with zero attached hydrogens (tertiary/aromatic N) is 2. The van der Waals surface area contributed by atoms with E-state index in [4.69, 9.17) is 10.5 Å². The second-order valence-electron chi connectivity index (χ2n) is 5.32. The highest BCUT2D eigenvalue weighted by molar-refractivity contribution is 4.96. The Morgan fingerprint density at radius 3 is 2.18 bits per heavy atom. The highest BCUT2D eigenvalue weighted by Crippen LogP contribution is 2.26. The summed E-state index contributed by atoms with van der Waals surface area (Å²) in [5.41, 5.74) is 6.07. The van der Waals surface area contributed by atoms with Crippen molar-refractivity contribution in [2.24, 2.45) is 11.7 Å². The number of likely N-dealkylation sites (N-methyl/N-ethyl adjacent to an activating group) is 1. The standard InChI is InChI=1S/C13H29N3O/c1-5-15-6-8-16(9-7-15)13(10-14,11-17-4)12(2)3/h12H,5-11,14H2,1-4H3. The van der Waals surface area contributed by atoms with E-state index in [1.54, 1.807) is 7.11 Å². The highest BCUT2D eigenvalue weighted by atomic mass is 16.5. The molecule has 1 atom stereocenters. The van der Waals surface area contributed by atoms with E-state index >= 15 is 0 Å². The summed E-state index contributed by atoms with van der Waals surface area (Å²) in [4.78, 5) is 5.03. The van der Waals surface area contributed by atoms with Crippen LogP contribution in [0, 0.1) is 5.92 Å². The number of rotatable bonds is 6. The molecule has 4 nitrogen and oxygen atoms in total. The summed E-state index contributed by atoms with van der Waals surface area (Å²) in [5.74, 6) is 0.514. The van der Waals surface area contributed by atoms with Crippen molar-refractivity contribution in [3.63, 3.8) is 0 Å². The zero-order chi connectivity index (χ0) is 12.9. The molecule has 2 N–H and O–H groups in total. The van der Waals surface area contributed by atoms with Crippen molar-refractivity contribution in [1.82, 2.24) is 9.80 Å². The number of hydrogen-bond donors (Lipinski definition) is 1. The van der Waals surface area contributed by atoms with Gasteiger partial charge in [-0.2, -0.15) is 0 Å². The Hall–Kier alpha value is -0.160. The molecule has 1 fully saturated rings. The molecule has 0 aromatic carbocycles. The number of methoxy groups -OCH3 is 1. The Morgan fingerprint density at radius 1 is 1.24 bits per heavy atom. The van der Waals surface area contributed by atoms with Crippen LogP contribution in [0.25, 0.3) is 0 Å². The molecule has 0 saturated carbocycles. The third-order valence-electron chi connectivity index (χ3n) is 4.27. The van der Waals surface area contributed by atoms with Crippen LogP contribution in [0.15, 0.2) is 0 Å². The van der Waals surface area contributed by atoms with Gasteiger partial charge < -0.3 is 15.4 Å². The first-order valence-corrected chi connectivity index (χ1v) is 6.77. The predicted octanol–water partition coefficient (Wildman–Crippen LogP) is 0.624. The van der Waals surface area contributed by atoms with Gasteiger partial charge in [-0.25, -0.2) is 0 Å². The Labute approximate surface area is 106 Å². The topological polar surface area (TPSA) is 41.7 Å². The van der Waals surface area contributed by atoms with E-state index in [0.717, 1.165) is 39.3 Å². The molecule has 1 aliphatic rings. The van der Waals surface area contributed by atoms with Crippen LogP contribution in [0.1, 0.15) is 20.8 Å². The molecule has 0 aromatic rings. The molecule has 17 heavy (non-hydrogen) atoms. The van der Waals surface area contributed by atoms with Gasteiger partial charge in [0.1, 0.15) is 0 Å². The lowest BCUT2D eigenvalue weighted by Crippen LogP contribution is -2.64. The molecule has 0 spiro atoms. The summed E-state index contributed by atoms with van der Waals surface area (Å²) in [7, 11) is 1.77. The Morgan fingerprint density at radius 2 is 1.82 bits per heavy atom. The molecule has 0 amide bonds. The lowest BCUT2D eigenvalue weighted by Gasteiger charge is -2.49. The van der Waals surface area contributed by atoms with Crippen LogP contribution in [-0.4, -0.2) is 68.3 Å². The van der Waals surface area contributed by atoms with Gasteiger partial charge in [-0.15, -0.1) is 0 Å². The van der Waals surface area contributed by atoms with Crippen molar-refractivity contribution >= 4 is 0 Å². The lowest BCUT2D eigenvalue weighted by molar-refractivity contribution is -0.0390. The van der Waals surface area contributed by atoms with E-state index in [1.807, 2.05) is 0 Å². The van der Waals surface area contributed by atoms with Gasteiger partial charge >= 0.3 is 0 Å². The summed E-state index contributed by atoms with van der Waals surface area (Å²) >= 11 is 0. The van der Waals surface area contributed by atoms with Crippen molar-refractivity contribution in [2.45, 2.75) is 26.3 Å². The predicted molar refractivity (Wildman–Crippen MR) is 72.2 cm³/mol. The normalized spacial score (nSPS) is 22.9. The highest BCUT2D eigenvalue weighted by Gasteiger charge is 2.39. The number of ether oxygens (including phenoxy) is 1. The van der Waals surface area contributed by atoms with E-state index < -0.39 is 0 Å². The summed E-state index contributed by atoms with van der Waals surface area (Å²) < 4.78 is 5.43. The molecular weight excluding hydrogens is 214 g/mol. The van der Waals surface area contributed by atoms with Crippen LogP contribution in [0.5, 0.6) is 0 Å². The molecule has 0 aliphatic carbocycles. The van der Waals surface area contributed by atoms with E-state index in [2.05, 4.69) is 30.6 Å². The van der Waals surface area contributed by atoms with Crippen molar-refractivity contribution < 1.29 is 4.74 Å². The molecular formula is C13H29N3O. The molecule has 4 heteroatoms. The van der Waals surface area contributed by atoms with E-state index in [0.29, 0.717) is 12.5 Å². The largest absolute Gasteiger partial charge is 0.383 e. The fourth-order valence-corrected chi connectivity index (χ4v) is 2.81. The molecule has 0 aromatic heterocycles. The molecule has 0 bridgehead atoms. The molecule has 102 valence electrons. The zero-order valence-corrected chi connectivity index (χ0v) is 11.9. The summed E-state index contributed by atoms with van der Waals surface area (Å²) in [6, 6.07) is 0. The van der Waals surface area contributed by atoms with Gasteiger partial charge in [0, 0.05) is 39.8 Å². The summed E-state index contributed by atoms with van der Waals surface area (Å²) in [5, 5.41) is 0. The van der Waals surface area contributed by atoms with Gasteiger partial charge in [0.25, 0.3) is 0 Å². The first-order valence-electron chi connectivity index (χ1n) is 6.77. The van der Waals surface area contributed by atoms with Crippen LogP contribution in [0.4, 0.5) is 0 Å². The quantitative estimate of drug-likeness (QED) is 0.743. The molecule has 0 radical (unpaired) electrons. The molecule has 1 rings (SSSR count). The summed E-state index contributed by atoms with van der Waals surface area (Å²) in [6.07, 6.45) is 0. The van der Waals surface area contributed by atoms with E-state index in [1.165, 1.54) is 0 Å². The second kappa shape index (κ2) is 6.69. The van der Waals surface area contributed by atoms with E-state index in [9.17, 15) is 0 Å². The lowest BCUT2D eigenvalue weighted by atomic mass is 9.84. The number of nitrogens with two attached hydrogens (primary N) is 1. The average Bonchev–Trinajstić information content (AvgIpc) is 2.36. The minimum absolute atomic E-state index is 0.00851. The maximum atomic E-state index is 6.06. The number of piperazine rings is 1. The van der Waals surface area contributed by atoms with Crippen molar-refractivity contribution in [1.29, 1.82) is 0 Å². The molecule has 1 unspecified atom stereocenters. The SMILES string of the molecule is CCN1CCN(C(CN)(COC)C(C)C)CC1. The average molecular weight is 243 g/mol. The monoisotopic (exact) mass is 243 g/mol. The van der Waals surface area contributed by atoms with Crippen LogP contribution in [0.3, 0.4) is 0 Å². The minimum atomic E-state index is 0.00851. The molecule has 1 heterocycles. The smallest absolute Gasteiger partial charge is 0.0661 e. The van der Waals surface area contributed by atoms with E-state index in [-0.39, 0.29) is 5.54 Å². The van der Waals surface area contributed by atoms with Gasteiger partial charge in [-0.05, 0) is 12.5 Å². The van der Waals surface area contributed by atoms with Crippen molar-refractivity contribution in [2.75, 3.05) is 53.0 Å². The Kier molecular flexibility index (Phi) is 5.86. The first-order chi connectivity index (χ1) is 8.10. The zero-order valence-electron chi connectivity index (χ0n) is 11.9. The maximum absolute atomic E-state index is 6.06. The van der Waals surface area contributed by atoms with Gasteiger partial charge in [0.2, 0.25) is 0 Å². The third kappa shape index (κ3) is 3.19. The van der Waals surface area contributed by atoms with Gasteiger partial charge in [-0.3, -0.25) is 4.90 Å². The third-order valence-corrected chi connectivity index (χ3v) is 4.27. The minimum Gasteiger partial charge on any atom is -0.383 e. The van der Waals surface area contributed by atoms with Crippen LogP contribution in [-0.2, 0) is 4.74 Å². The summed E-state index contributed by atoms with van der Waals surface area (Å²) in [6.45, 7) is 13.8. The number of hydrogen-bond acceptors (Lipinski definition) is 4. The van der Waals surface area contributed by atoms with Crippen molar-refractivity contribution in [3.8, 4) is 0 Å². The van der Waals surface area contributed by atoms with Crippen LogP contribution >= 0.6 is 0 Å². The van der Waals surface area contributed by atoms with Gasteiger partial charge in [-0.1, -0.05) is 20.8 Å². The van der Waals surface area contributed by atoms with Gasteiger partial charge in [0.15, 0.2) is 0 Å². The second-order valence-corrected chi connectivity index (χ2v) is 5.32. The molecule has 1 aliphatic heterocycles. The van der Waals surface area contributed by atoms with Gasteiger partial charge in [0.05, 0.1) is 12.1 Å². The fourth-order valence-electron chi connectivity index (χ4n) is 2.81. The van der Waals surface area contributed by atoms with Crippen LogP contribution in [0.2, 0.25) is 0 Å². The first kappa shape index (κ1) is 14.9.